The molecular weight excluding hydrogens is 290 g/mol. The summed E-state index contributed by atoms with van der Waals surface area (Å²) in [5, 5.41) is 0. The fraction of sp³-hybridized carbons (Fsp3) is 0.571. The van der Waals surface area contributed by atoms with E-state index in [2.05, 4.69) is 4.90 Å². The van der Waals surface area contributed by atoms with Gasteiger partial charge in [0, 0.05) is 40.4 Å². The van der Waals surface area contributed by atoms with Crippen LogP contribution in [0.2, 0.25) is 0 Å². The number of nitrogens with zero attached hydrogens (tertiary/aromatic N) is 2. The number of nitrogens with two attached hydrogens (primary N) is 1. The second kappa shape index (κ2) is 6.21. The normalized spacial score (nSPS) is 17.1. The van der Waals surface area contributed by atoms with Gasteiger partial charge in [-0.2, -0.15) is 0 Å². The van der Waals surface area contributed by atoms with Gasteiger partial charge in [-0.1, -0.05) is 0 Å². The maximum Gasteiger partial charge on any atom is 0.242 e. The maximum atomic E-state index is 12.2. The van der Waals surface area contributed by atoms with Crippen LogP contribution < -0.4 is 10.6 Å². The Bertz CT molecular complexity index is 595. The van der Waals surface area contributed by atoms with E-state index >= 15 is 0 Å². The highest BCUT2D eigenvalue weighted by Crippen LogP contribution is 2.30. The Balaban J connectivity index is 2.35. The molecule has 0 unspecified atom stereocenters. The van der Waals surface area contributed by atoms with Crippen molar-refractivity contribution < 1.29 is 13.2 Å². The van der Waals surface area contributed by atoms with Gasteiger partial charge >= 0.3 is 0 Å². The van der Waals surface area contributed by atoms with Crippen LogP contribution in [0, 0.1) is 0 Å². The molecule has 1 fully saturated rings. The lowest BCUT2D eigenvalue weighted by Gasteiger charge is -2.33. The molecule has 1 heterocycles. The first-order valence-corrected chi connectivity index (χ1v) is 8.40. The molecule has 0 radical (unpaired) electrons. The number of nitrogen functional groups attached to an aromatic ring is 1. The van der Waals surface area contributed by atoms with Gasteiger partial charge < -0.3 is 15.4 Å². The molecule has 0 aliphatic carbocycles. The summed E-state index contributed by atoms with van der Waals surface area (Å²) in [4.78, 5) is 2.32. The van der Waals surface area contributed by atoms with Crippen LogP contribution in [0.3, 0.4) is 0 Å². The molecule has 6 nitrogen and oxygen atoms in total. The topological polar surface area (TPSA) is 75.9 Å². The molecule has 1 saturated heterocycles. The molecule has 118 valence electrons. The molecule has 1 aromatic carbocycles. The lowest BCUT2D eigenvalue weighted by atomic mass is 10.1. The van der Waals surface area contributed by atoms with Crippen LogP contribution in [0.1, 0.15) is 12.8 Å². The van der Waals surface area contributed by atoms with Gasteiger partial charge in [-0.3, -0.25) is 0 Å². The summed E-state index contributed by atoms with van der Waals surface area (Å²) in [6, 6.07) is 5.17. The van der Waals surface area contributed by atoms with Crippen molar-refractivity contribution in [1.29, 1.82) is 0 Å². The maximum absolute atomic E-state index is 12.2. The highest BCUT2D eigenvalue weighted by molar-refractivity contribution is 7.89. The van der Waals surface area contributed by atoms with Crippen molar-refractivity contribution in [2.75, 3.05) is 45.0 Å². The first kappa shape index (κ1) is 16.1. The van der Waals surface area contributed by atoms with E-state index in [4.69, 9.17) is 10.5 Å². The van der Waals surface area contributed by atoms with Gasteiger partial charge in [-0.05, 0) is 31.0 Å². The Morgan fingerprint density at radius 2 is 1.81 bits per heavy atom. The van der Waals surface area contributed by atoms with E-state index in [9.17, 15) is 8.42 Å². The van der Waals surface area contributed by atoms with Crippen LogP contribution >= 0.6 is 0 Å². The van der Waals surface area contributed by atoms with Crippen LogP contribution in [-0.4, -0.2) is 53.1 Å². The van der Waals surface area contributed by atoms with E-state index in [0.717, 1.165) is 31.7 Å². The largest absolute Gasteiger partial charge is 0.397 e. The average Bonchev–Trinajstić information content (AvgIpc) is 2.47. The second-order valence-corrected chi connectivity index (χ2v) is 7.61. The summed E-state index contributed by atoms with van der Waals surface area (Å²) in [5.74, 6) is 0. The molecule has 0 aromatic heterocycles. The van der Waals surface area contributed by atoms with Gasteiger partial charge in [-0.15, -0.1) is 0 Å². The molecule has 2 rings (SSSR count). The number of hydrogen-bond acceptors (Lipinski definition) is 5. The SMILES string of the molecule is CN(c1cc(S(=O)(=O)N(C)C)ccc1N)C1CCOCC1. The Kier molecular flexibility index (Phi) is 4.75. The van der Waals surface area contributed by atoms with Crippen molar-refractivity contribution in [2.45, 2.75) is 23.8 Å². The fourth-order valence-corrected chi connectivity index (χ4v) is 3.39. The van der Waals surface area contributed by atoms with Crippen LogP contribution in [0.25, 0.3) is 0 Å². The molecule has 0 bridgehead atoms. The molecule has 7 heteroatoms. The van der Waals surface area contributed by atoms with E-state index in [1.165, 1.54) is 18.4 Å². The highest BCUT2D eigenvalue weighted by Gasteiger charge is 2.23. The summed E-state index contributed by atoms with van der Waals surface area (Å²) in [6.07, 6.45) is 1.83. The molecule has 0 saturated carbocycles. The quantitative estimate of drug-likeness (QED) is 0.844. The second-order valence-electron chi connectivity index (χ2n) is 5.46. The first-order chi connectivity index (χ1) is 9.84. The molecular formula is C14H23N3O3S. The summed E-state index contributed by atoms with van der Waals surface area (Å²) < 4.78 is 31.1. The predicted molar refractivity (Wildman–Crippen MR) is 84.0 cm³/mol. The number of rotatable bonds is 4. The van der Waals surface area contributed by atoms with Crippen LogP contribution in [0.4, 0.5) is 11.4 Å². The van der Waals surface area contributed by atoms with Crippen molar-refractivity contribution in [2.24, 2.45) is 0 Å². The minimum absolute atomic E-state index is 0.260. The third-order valence-electron chi connectivity index (χ3n) is 3.90. The first-order valence-electron chi connectivity index (χ1n) is 6.96. The Hall–Kier alpha value is -1.31. The lowest BCUT2D eigenvalue weighted by Crippen LogP contribution is -2.37. The van der Waals surface area contributed by atoms with E-state index in [-0.39, 0.29) is 4.90 Å². The molecule has 0 spiro atoms. The number of ether oxygens (including phenoxy) is 1. The zero-order valence-corrected chi connectivity index (χ0v) is 13.6. The Labute approximate surface area is 126 Å². The number of hydrogen-bond donors (Lipinski definition) is 1. The minimum Gasteiger partial charge on any atom is -0.397 e. The standard InChI is InChI=1S/C14H23N3O3S/c1-16(2)21(18,19)12-4-5-13(15)14(10-12)17(3)11-6-8-20-9-7-11/h4-5,10-11H,6-9,15H2,1-3H3. The molecule has 21 heavy (non-hydrogen) atoms. The smallest absolute Gasteiger partial charge is 0.242 e. The Morgan fingerprint density at radius 3 is 2.38 bits per heavy atom. The molecule has 1 aliphatic heterocycles. The molecule has 0 amide bonds. The molecule has 1 aromatic rings. The molecule has 1 aliphatic rings. The third-order valence-corrected chi connectivity index (χ3v) is 5.71. The summed E-state index contributed by atoms with van der Waals surface area (Å²) in [6.45, 7) is 1.45. The van der Waals surface area contributed by atoms with Gasteiger partial charge in [0.2, 0.25) is 10.0 Å². The van der Waals surface area contributed by atoms with E-state index < -0.39 is 10.0 Å². The number of sulfonamides is 1. The van der Waals surface area contributed by atoms with Crippen molar-refractivity contribution >= 4 is 21.4 Å². The van der Waals surface area contributed by atoms with Crippen LogP contribution in [-0.2, 0) is 14.8 Å². The zero-order chi connectivity index (χ0) is 15.6. The summed E-state index contributed by atoms with van der Waals surface area (Å²) >= 11 is 0. The van der Waals surface area contributed by atoms with Gasteiger partial charge in [0.1, 0.15) is 0 Å². The number of anilines is 2. The van der Waals surface area contributed by atoms with Crippen LogP contribution in [0.5, 0.6) is 0 Å². The average molecular weight is 313 g/mol. The van der Waals surface area contributed by atoms with Gasteiger partial charge in [-0.25, -0.2) is 12.7 Å². The predicted octanol–water partition coefficient (Wildman–Crippen LogP) is 1.13. The summed E-state index contributed by atoms with van der Waals surface area (Å²) in [7, 11) is 1.54. The fourth-order valence-electron chi connectivity index (χ4n) is 2.47. The monoisotopic (exact) mass is 313 g/mol. The summed E-state index contributed by atoms with van der Waals surface area (Å²) in [5.41, 5.74) is 7.37. The third kappa shape index (κ3) is 3.30. The Morgan fingerprint density at radius 1 is 1.19 bits per heavy atom. The van der Waals surface area contributed by atoms with Crippen molar-refractivity contribution in [3.05, 3.63) is 18.2 Å². The van der Waals surface area contributed by atoms with Gasteiger partial charge in [0.25, 0.3) is 0 Å². The molecule has 2 N–H and O–H groups in total. The highest BCUT2D eigenvalue weighted by atomic mass is 32.2. The minimum atomic E-state index is -3.45. The number of benzene rings is 1. The van der Waals surface area contributed by atoms with Gasteiger partial charge in [0.05, 0.1) is 16.3 Å². The van der Waals surface area contributed by atoms with E-state index in [1.54, 1.807) is 18.2 Å². The lowest BCUT2D eigenvalue weighted by molar-refractivity contribution is 0.0855. The van der Waals surface area contributed by atoms with E-state index in [0.29, 0.717) is 11.7 Å². The molecule has 0 atom stereocenters. The van der Waals surface area contributed by atoms with Crippen molar-refractivity contribution in [3.8, 4) is 0 Å². The van der Waals surface area contributed by atoms with Crippen molar-refractivity contribution in [3.63, 3.8) is 0 Å². The zero-order valence-electron chi connectivity index (χ0n) is 12.7. The van der Waals surface area contributed by atoms with Gasteiger partial charge in [0.15, 0.2) is 0 Å². The van der Waals surface area contributed by atoms with Crippen LogP contribution in [0.15, 0.2) is 23.1 Å². The van der Waals surface area contributed by atoms with Crippen molar-refractivity contribution in [1.82, 2.24) is 4.31 Å². The van der Waals surface area contributed by atoms with E-state index in [1.807, 2.05) is 7.05 Å².